The Bertz CT molecular complexity index is 1090. The molecule has 1 N–H and O–H groups in total. The number of rotatable bonds is 9. The smallest absolute Gasteiger partial charge is 0.207 e. The molecule has 3 aromatic carbocycles. The minimum atomic E-state index is -0.272. The summed E-state index contributed by atoms with van der Waals surface area (Å²) >= 11 is 0. The fourth-order valence-corrected chi connectivity index (χ4v) is 2.97. The molecule has 0 aliphatic rings. The van der Waals surface area contributed by atoms with Gasteiger partial charge < -0.3 is 14.8 Å². The molecule has 31 heavy (non-hydrogen) atoms. The zero-order chi connectivity index (χ0) is 21.3. The molecule has 0 saturated carbocycles. The summed E-state index contributed by atoms with van der Waals surface area (Å²) in [6, 6.07) is 26.0. The molecule has 0 aliphatic heterocycles. The van der Waals surface area contributed by atoms with E-state index >= 15 is 0 Å². The van der Waals surface area contributed by atoms with E-state index in [0.29, 0.717) is 37.1 Å². The molecule has 0 unspecified atom stereocenters. The van der Waals surface area contributed by atoms with Crippen LogP contribution in [0.2, 0.25) is 0 Å². The average molecular weight is 415 g/mol. The van der Waals surface area contributed by atoms with E-state index in [-0.39, 0.29) is 5.82 Å². The van der Waals surface area contributed by atoms with E-state index < -0.39 is 0 Å². The van der Waals surface area contributed by atoms with Crippen LogP contribution < -0.4 is 14.8 Å². The summed E-state index contributed by atoms with van der Waals surface area (Å²) < 4.78 is 25.3. The number of aromatic nitrogens is 2. The molecule has 0 saturated heterocycles. The maximum Gasteiger partial charge on any atom is 0.207 e. The molecule has 156 valence electrons. The maximum absolute atomic E-state index is 13.2. The Morgan fingerprint density at radius 1 is 0.710 bits per heavy atom. The fourth-order valence-electron chi connectivity index (χ4n) is 2.97. The lowest BCUT2D eigenvalue weighted by atomic mass is 10.2. The summed E-state index contributed by atoms with van der Waals surface area (Å²) in [4.78, 5) is 0. The summed E-state index contributed by atoms with van der Waals surface area (Å²) in [5, 5.41) is 11.5. The predicted molar refractivity (Wildman–Crippen MR) is 117 cm³/mol. The molecule has 0 bridgehead atoms. The molecule has 4 aromatic rings. The standard InChI is InChI=1S/C25H22FN3O2/c26-22-13-11-19(12-14-22)15-27-25-24(31-18-21-9-5-2-6-10-21)23(16-28-29-25)30-17-20-7-3-1-4-8-20/h1-14,16H,15,17-18H2,(H,27,29). The molecule has 0 aliphatic carbocycles. The van der Waals surface area contributed by atoms with E-state index in [4.69, 9.17) is 9.47 Å². The Morgan fingerprint density at radius 2 is 1.32 bits per heavy atom. The van der Waals surface area contributed by atoms with E-state index in [1.807, 2.05) is 60.7 Å². The molecule has 0 atom stereocenters. The largest absolute Gasteiger partial charge is 0.483 e. The van der Waals surface area contributed by atoms with Gasteiger partial charge in [0, 0.05) is 6.54 Å². The Kier molecular flexibility index (Phi) is 6.70. The van der Waals surface area contributed by atoms with Gasteiger partial charge in [-0.15, -0.1) is 5.10 Å². The first-order chi connectivity index (χ1) is 15.3. The van der Waals surface area contributed by atoms with E-state index in [9.17, 15) is 4.39 Å². The lowest BCUT2D eigenvalue weighted by Gasteiger charge is -2.16. The highest BCUT2D eigenvalue weighted by Crippen LogP contribution is 2.34. The lowest BCUT2D eigenvalue weighted by Crippen LogP contribution is -2.08. The number of nitrogens with one attached hydrogen (secondary N) is 1. The SMILES string of the molecule is Fc1ccc(CNc2nncc(OCc3ccccc3)c2OCc2ccccc2)cc1. The van der Waals surface area contributed by atoms with Gasteiger partial charge in [0.2, 0.25) is 5.75 Å². The minimum Gasteiger partial charge on any atom is -0.483 e. The van der Waals surface area contributed by atoms with Crippen molar-refractivity contribution >= 4 is 5.82 Å². The minimum absolute atomic E-state index is 0.272. The van der Waals surface area contributed by atoms with Crippen molar-refractivity contribution in [3.8, 4) is 11.5 Å². The van der Waals surface area contributed by atoms with Crippen LogP contribution in [0.4, 0.5) is 10.2 Å². The van der Waals surface area contributed by atoms with E-state index in [2.05, 4.69) is 15.5 Å². The molecule has 0 radical (unpaired) electrons. The van der Waals surface area contributed by atoms with Crippen LogP contribution in [0.5, 0.6) is 11.5 Å². The van der Waals surface area contributed by atoms with Crippen molar-refractivity contribution in [2.45, 2.75) is 19.8 Å². The van der Waals surface area contributed by atoms with Crippen LogP contribution >= 0.6 is 0 Å². The Balaban J connectivity index is 1.53. The van der Waals surface area contributed by atoms with Gasteiger partial charge in [0.05, 0.1) is 6.20 Å². The highest BCUT2D eigenvalue weighted by atomic mass is 19.1. The first-order valence-corrected chi connectivity index (χ1v) is 9.95. The average Bonchev–Trinajstić information content (AvgIpc) is 2.83. The van der Waals surface area contributed by atoms with Gasteiger partial charge in [0.15, 0.2) is 11.6 Å². The number of ether oxygens (including phenoxy) is 2. The van der Waals surface area contributed by atoms with Gasteiger partial charge in [-0.25, -0.2) is 4.39 Å². The third-order valence-electron chi connectivity index (χ3n) is 4.61. The van der Waals surface area contributed by atoms with E-state index in [0.717, 1.165) is 16.7 Å². The molecular weight excluding hydrogens is 393 g/mol. The van der Waals surface area contributed by atoms with Crippen molar-refractivity contribution in [3.05, 3.63) is 114 Å². The van der Waals surface area contributed by atoms with Crippen LogP contribution in [0.15, 0.2) is 91.1 Å². The predicted octanol–water partition coefficient (Wildman–Crippen LogP) is 5.39. The van der Waals surface area contributed by atoms with Crippen LogP contribution in [0.1, 0.15) is 16.7 Å². The van der Waals surface area contributed by atoms with Crippen LogP contribution in [0.3, 0.4) is 0 Å². The molecule has 0 amide bonds. The number of nitrogens with zero attached hydrogens (tertiary/aromatic N) is 2. The third-order valence-corrected chi connectivity index (χ3v) is 4.61. The van der Waals surface area contributed by atoms with Gasteiger partial charge in [-0.05, 0) is 28.8 Å². The van der Waals surface area contributed by atoms with Crippen LogP contribution in [0, 0.1) is 5.82 Å². The molecule has 0 fully saturated rings. The Hall–Kier alpha value is -3.93. The zero-order valence-electron chi connectivity index (χ0n) is 16.9. The van der Waals surface area contributed by atoms with Gasteiger partial charge in [0.25, 0.3) is 0 Å². The van der Waals surface area contributed by atoms with Gasteiger partial charge in [-0.3, -0.25) is 0 Å². The molecule has 0 spiro atoms. The van der Waals surface area contributed by atoms with Gasteiger partial charge in [0.1, 0.15) is 19.0 Å². The number of hydrogen-bond donors (Lipinski definition) is 1. The highest BCUT2D eigenvalue weighted by molar-refractivity contribution is 5.57. The lowest BCUT2D eigenvalue weighted by molar-refractivity contribution is 0.254. The van der Waals surface area contributed by atoms with Crippen molar-refractivity contribution in [3.63, 3.8) is 0 Å². The van der Waals surface area contributed by atoms with Crippen LogP contribution in [-0.2, 0) is 19.8 Å². The second-order valence-electron chi connectivity index (χ2n) is 6.92. The van der Waals surface area contributed by atoms with Gasteiger partial charge in [-0.2, -0.15) is 5.10 Å². The van der Waals surface area contributed by atoms with Crippen molar-refractivity contribution < 1.29 is 13.9 Å². The second-order valence-corrected chi connectivity index (χ2v) is 6.92. The molecule has 5 nitrogen and oxygen atoms in total. The van der Waals surface area contributed by atoms with E-state index in [1.165, 1.54) is 12.1 Å². The number of anilines is 1. The fraction of sp³-hybridized carbons (Fsp3) is 0.120. The van der Waals surface area contributed by atoms with Crippen LogP contribution in [0.25, 0.3) is 0 Å². The summed E-state index contributed by atoms with van der Waals surface area (Å²) in [5.41, 5.74) is 2.97. The van der Waals surface area contributed by atoms with Crippen molar-refractivity contribution in [2.24, 2.45) is 0 Å². The molecule has 1 aromatic heterocycles. The Labute approximate surface area is 180 Å². The quantitative estimate of drug-likeness (QED) is 0.397. The van der Waals surface area contributed by atoms with E-state index in [1.54, 1.807) is 18.3 Å². The first kappa shape index (κ1) is 20.3. The maximum atomic E-state index is 13.2. The van der Waals surface area contributed by atoms with Crippen molar-refractivity contribution in [2.75, 3.05) is 5.32 Å². The normalized spacial score (nSPS) is 10.5. The van der Waals surface area contributed by atoms with Gasteiger partial charge in [-0.1, -0.05) is 72.8 Å². The molecule has 1 heterocycles. The monoisotopic (exact) mass is 415 g/mol. The number of benzene rings is 3. The summed E-state index contributed by atoms with van der Waals surface area (Å²) in [5.74, 6) is 1.17. The summed E-state index contributed by atoms with van der Waals surface area (Å²) in [6.07, 6.45) is 1.55. The first-order valence-electron chi connectivity index (χ1n) is 9.95. The topological polar surface area (TPSA) is 56.3 Å². The Morgan fingerprint density at radius 3 is 1.97 bits per heavy atom. The number of halogens is 1. The van der Waals surface area contributed by atoms with Crippen LogP contribution in [-0.4, -0.2) is 10.2 Å². The summed E-state index contributed by atoms with van der Waals surface area (Å²) in [7, 11) is 0. The molecule has 4 rings (SSSR count). The van der Waals surface area contributed by atoms with Crippen molar-refractivity contribution in [1.29, 1.82) is 0 Å². The zero-order valence-corrected chi connectivity index (χ0v) is 16.9. The third kappa shape index (κ3) is 5.79. The highest BCUT2D eigenvalue weighted by Gasteiger charge is 2.15. The number of hydrogen-bond acceptors (Lipinski definition) is 5. The second kappa shape index (κ2) is 10.2. The van der Waals surface area contributed by atoms with Crippen molar-refractivity contribution in [1.82, 2.24) is 10.2 Å². The summed E-state index contributed by atoms with van der Waals surface area (Å²) in [6.45, 7) is 1.18. The van der Waals surface area contributed by atoms with Gasteiger partial charge >= 0.3 is 0 Å². The molecule has 6 heteroatoms. The molecular formula is C25H22FN3O2.